The third-order valence-corrected chi connectivity index (χ3v) is 3.31. The van der Waals surface area contributed by atoms with Crippen molar-refractivity contribution >= 4 is 11.6 Å². The van der Waals surface area contributed by atoms with Crippen LogP contribution >= 0.6 is 11.6 Å². The van der Waals surface area contributed by atoms with E-state index in [2.05, 4.69) is 15.2 Å². The summed E-state index contributed by atoms with van der Waals surface area (Å²) in [5.41, 5.74) is 8.07. The monoisotopic (exact) mass is 284 g/mol. The summed E-state index contributed by atoms with van der Waals surface area (Å²) in [5.74, 6) is 1.27. The molecule has 0 aliphatic carbocycles. The minimum absolute atomic E-state index is 0.350. The van der Waals surface area contributed by atoms with Crippen LogP contribution in [0, 0.1) is 0 Å². The Morgan fingerprint density at radius 2 is 1.70 bits per heavy atom. The summed E-state index contributed by atoms with van der Waals surface area (Å²) in [6.07, 6.45) is 0. The van der Waals surface area contributed by atoms with E-state index in [9.17, 15) is 0 Å². The largest absolute Gasteiger partial charge is 0.318 e. The molecular weight excluding hydrogens is 272 g/mol. The van der Waals surface area contributed by atoms with Crippen molar-refractivity contribution in [2.45, 2.75) is 6.04 Å². The first-order valence-corrected chi connectivity index (χ1v) is 6.60. The second-order valence-electron chi connectivity index (χ2n) is 4.44. The molecule has 3 rings (SSSR count). The standard InChI is InChI=1S/C15H13ClN4/c16-12-8-6-10(7-9-12)13(17)15-18-14(19-20-15)11-4-2-1-3-5-11/h1-9,13H,17H2,(H,18,19,20). The van der Waals surface area contributed by atoms with Crippen molar-refractivity contribution in [1.82, 2.24) is 15.2 Å². The average Bonchev–Trinajstić information content (AvgIpc) is 2.98. The summed E-state index contributed by atoms with van der Waals surface area (Å²) in [4.78, 5) is 4.45. The summed E-state index contributed by atoms with van der Waals surface area (Å²) in [6, 6.07) is 16.8. The van der Waals surface area contributed by atoms with Gasteiger partial charge >= 0.3 is 0 Å². The Labute approximate surface area is 121 Å². The van der Waals surface area contributed by atoms with Crippen molar-refractivity contribution in [3.63, 3.8) is 0 Å². The Bertz CT molecular complexity index is 691. The number of benzene rings is 2. The molecule has 5 heteroatoms. The highest BCUT2D eigenvalue weighted by Crippen LogP contribution is 2.21. The SMILES string of the molecule is NC(c1ccc(Cl)cc1)c1nc(-c2ccccc2)n[nH]1. The molecule has 4 nitrogen and oxygen atoms in total. The van der Waals surface area contributed by atoms with Gasteiger partial charge in [-0.25, -0.2) is 4.98 Å². The zero-order valence-corrected chi connectivity index (χ0v) is 11.4. The van der Waals surface area contributed by atoms with Crippen LogP contribution in [0.1, 0.15) is 17.4 Å². The highest BCUT2D eigenvalue weighted by Gasteiger charge is 2.14. The molecule has 2 aromatic carbocycles. The second kappa shape index (κ2) is 5.45. The lowest BCUT2D eigenvalue weighted by Crippen LogP contribution is -2.13. The molecule has 20 heavy (non-hydrogen) atoms. The average molecular weight is 285 g/mol. The number of nitrogens with two attached hydrogens (primary N) is 1. The molecule has 1 unspecified atom stereocenters. The molecule has 0 aliphatic rings. The number of aromatic amines is 1. The quantitative estimate of drug-likeness (QED) is 0.776. The Balaban J connectivity index is 1.88. The molecule has 3 N–H and O–H groups in total. The summed E-state index contributed by atoms with van der Waals surface area (Å²) in [5, 5.41) is 7.79. The van der Waals surface area contributed by atoms with E-state index < -0.39 is 0 Å². The maximum Gasteiger partial charge on any atom is 0.181 e. The molecule has 100 valence electrons. The predicted molar refractivity (Wildman–Crippen MR) is 79.3 cm³/mol. The van der Waals surface area contributed by atoms with Gasteiger partial charge in [0.15, 0.2) is 5.82 Å². The van der Waals surface area contributed by atoms with Gasteiger partial charge in [0.25, 0.3) is 0 Å². The number of aromatic nitrogens is 3. The smallest absolute Gasteiger partial charge is 0.181 e. The van der Waals surface area contributed by atoms with Crippen LogP contribution in [0.4, 0.5) is 0 Å². The molecule has 0 amide bonds. The number of hydrogen-bond donors (Lipinski definition) is 2. The molecule has 0 aliphatic heterocycles. The fourth-order valence-corrected chi connectivity index (χ4v) is 2.08. The number of nitrogens with one attached hydrogen (secondary N) is 1. The molecule has 1 heterocycles. The summed E-state index contributed by atoms with van der Waals surface area (Å²) >= 11 is 5.87. The Kier molecular flexibility index (Phi) is 3.50. The van der Waals surface area contributed by atoms with Crippen molar-refractivity contribution in [3.05, 3.63) is 71.0 Å². The predicted octanol–water partition coefficient (Wildman–Crippen LogP) is 3.17. The van der Waals surface area contributed by atoms with E-state index in [1.807, 2.05) is 54.6 Å². The molecule has 0 bridgehead atoms. The van der Waals surface area contributed by atoms with E-state index in [0.717, 1.165) is 11.1 Å². The first-order valence-electron chi connectivity index (χ1n) is 6.23. The highest BCUT2D eigenvalue weighted by molar-refractivity contribution is 6.30. The minimum Gasteiger partial charge on any atom is -0.318 e. The van der Waals surface area contributed by atoms with Crippen LogP contribution in [0.2, 0.25) is 5.02 Å². The minimum atomic E-state index is -0.350. The normalized spacial score (nSPS) is 12.3. The molecule has 0 saturated carbocycles. The lowest BCUT2D eigenvalue weighted by atomic mass is 10.1. The maximum absolute atomic E-state index is 6.18. The first-order chi connectivity index (χ1) is 9.74. The fraction of sp³-hybridized carbons (Fsp3) is 0.0667. The van der Waals surface area contributed by atoms with Crippen LogP contribution in [0.15, 0.2) is 54.6 Å². The number of H-pyrrole nitrogens is 1. The van der Waals surface area contributed by atoms with Crippen molar-refractivity contribution < 1.29 is 0 Å². The Morgan fingerprint density at radius 3 is 2.40 bits per heavy atom. The molecule has 0 spiro atoms. The van der Waals surface area contributed by atoms with E-state index in [4.69, 9.17) is 17.3 Å². The Hall–Kier alpha value is -2.17. The van der Waals surface area contributed by atoms with Crippen LogP contribution < -0.4 is 5.73 Å². The summed E-state index contributed by atoms with van der Waals surface area (Å²) in [6.45, 7) is 0. The van der Waals surface area contributed by atoms with Crippen LogP contribution in [0.5, 0.6) is 0 Å². The van der Waals surface area contributed by atoms with Crippen molar-refractivity contribution in [2.24, 2.45) is 5.73 Å². The maximum atomic E-state index is 6.18. The van der Waals surface area contributed by atoms with Gasteiger partial charge in [-0.3, -0.25) is 5.10 Å². The molecule has 1 aromatic heterocycles. The van der Waals surface area contributed by atoms with Gasteiger partial charge in [-0.15, -0.1) is 0 Å². The zero-order chi connectivity index (χ0) is 13.9. The van der Waals surface area contributed by atoms with Gasteiger partial charge in [0, 0.05) is 10.6 Å². The number of halogens is 1. The first kappa shape index (κ1) is 12.8. The number of nitrogens with zero attached hydrogens (tertiary/aromatic N) is 2. The third kappa shape index (κ3) is 2.57. The molecule has 0 saturated heterocycles. The molecular formula is C15H13ClN4. The second-order valence-corrected chi connectivity index (χ2v) is 4.88. The Morgan fingerprint density at radius 1 is 1.00 bits per heavy atom. The topological polar surface area (TPSA) is 67.6 Å². The lowest BCUT2D eigenvalue weighted by Gasteiger charge is -2.08. The molecule has 3 aromatic rings. The van der Waals surface area contributed by atoms with E-state index in [-0.39, 0.29) is 6.04 Å². The van der Waals surface area contributed by atoms with Crippen molar-refractivity contribution in [1.29, 1.82) is 0 Å². The van der Waals surface area contributed by atoms with Gasteiger partial charge < -0.3 is 5.73 Å². The molecule has 0 radical (unpaired) electrons. The van der Waals surface area contributed by atoms with Crippen LogP contribution in [0.3, 0.4) is 0 Å². The van der Waals surface area contributed by atoms with Crippen LogP contribution in [-0.4, -0.2) is 15.2 Å². The van der Waals surface area contributed by atoms with Gasteiger partial charge in [-0.2, -0.15) is 5.10 Å². The lowest BCUT2D eigenvalue weighted by molar-refractivity contribution is 0.787. The fourth-order valence-electron chi connectivity index (χ4n) is 1.96. The number of rotatable bonds is 3. The number of hydrogen-bond acceptors (Lipinski definition) is 3. The van der Waals surface area contributed by atoms with Gasteiger partial charge in [0.05, 0.1) is 6.04 Å². The summed E-state index contributed by atoms with van der Waals surface area (Å²) in [7, 11) is 0. The van der Waals surface area contributed by atoms with Crippen LogP contribution in [0.25, 0.3) is 11.4 Å². The third-order valence-electron chi connectivity index (χ3n) is 3.06. The highest BCUT2D eigenvalue weighted by atomic mass is 35.5. The molecule has 1 atom stereocenters. The van der Waals surface area contributed by atoms with Crippen molar-refractivity contribution in [2.75, 3.05) is 0 Å². The summed E-state index contributed by atoms with van der Waals surface area (Å²) < 4.78 is 0. The van der Waals surface area contributed by atoms with Gasteiger partial charge in [0.2, 0.25) is 0 Å². The van der Waals surface area contributed by atoms with Crippen molar-refractivity contribution in [3.8, 4) is 11.4 Å². The van der Waals surface area contributed by atoms with E-state index in [1.165, 1.54) is 0 Å². The van der Waals surface area contributed by atoms with Gasteiger partial charge in [0.1, 0.15) is 5.82 Å². The van der Waals surface area contributed by atoms with Gasteiger partial charge in [-0.05, 0) is 17.7 Å². The van der Waals surface area contributed by atoms with E-state index in [1.54, 1.807) is 0 Å². The van der Waals surface area contributed by atoms with E-state index >= 15 is 0 Å². The molecule has 0 fully saturated rings. The van der Waals surface area contributed by atoms with E-state index in [0.29, 0.717) is 16.7 Å². The zero-order valence-electron chi connectivity index (χ0n) is 10.6. The van der Waals surface area contributed by atoms with Gasteiger partial charge in [-0.1, -0.05) is 54.1 Å². The van der Waals surface area contributed by atoms with Crippen LogP contribution in [-0.2, 0) is 0 Å².